The normalized spacial score (nSPS) is 19.9. The van der Waals surface area contributed by atoms with Crippen molar-refractivity contribution >= 4 is 29.3 Å². The molecule has 19 heavy (non-hydrogen) atoms. The minimum atomic E-state index is -0.984. The number of benzene rings is 1. The Balaban J connectivity index is 2.20. The van der Waals surface area contributed by atoms with Gasteiger partial charge in [-0.1, -0.05) is 17.7 Å². The Kier molecular flexibility index (Phi) is 4.45. The smallest absolute Gasteiger partial charge is 0.328 e. The van der Waals surface area contributed by atoms with E-state index in [1.54, 1.807) is 0 Å². The van der Waals surface area contributed by atoms with E-state index in [-0.39, 0.29) is 0 Å². The summed E-state index contributed by atoms with van der Waals surface area (Å²) in [5.41, 5.74) is 1.74. The fourth-order valence-corrected chi connectivity index (χ4v) is 2.34. The van der Waals surface area contributed by atoms with Gasteiger partial charge in [0.25, 0.3) is 0 Å². The average molecular weight is 282 g/mol. The summed E-state index contributed by atoms with van der Waals surface area (Å²) in [4.78, 5) is 12.7. The molecule has 0 aliphatic carbocycles. The van der Waals surface area contributed by atoms with Gasteiger partial charge < -0.3 is 14.7 Å². The monoisotopic (exact) mass is 281 g/mol. The van der Waals surface area contributed by atoms with Gasteiger partial charge in [-0.3, -0.25) is 0 Å². The van der Waals surface area contributed by atoms with Crippen LogP contribution in [-0.2, 0) is 9.53 Å². The van der Waals surface area contributed by atoms with Crippen molar-refractivity contribution in [1.29, 1.82) is 0 Å². The molecule has 1 aliphatic rings. The molecule has 1 aliphatic heterocycles. The molecule has 0 aromatic heterocycles. The van der Waals surface area contributed by atoms with E-state index < -0.39 is 5.97 Å². The van der Waals surface area contributed by atoms with Crippen molar-refractivity contribution in [2.75, 3.05) is 24.7 Å². The lowest BCUT2D eigenvalue weighted by Gasteiger charge is -2.35. The number of carbonyl (C=O) groups is 1. The summed E-state index contributed by atoms with van der Waals surface area (Å²) in [6.07, 6.45) is 2.58. The molecule has 1 N–H and O–H groups in total. The molecule has 0 amide bonds. The molecule has 4 nitrogen and oxygen atoms in total. The molecule has 0 saturated carbocycles. The molecular formula is C14H16ClNO3. The number of ether oxygens (including phenoxy) is 1. The van der Waals surface area contributed by atoms with Crippen molar-refractivity contribution in [1.82, 2.24) is 0 Å². The summed E-state index contributed by atoms with van der Waals surface area (Å²) < 4.78 is 5.40. The molecule has 102 valence electrons. The van der Waals surface area contributed by atoms with E-state index in [9.17, 15) is 4.79 Å². The van der Waals surface area contributed by atoms with Gasteiger partial charge in [0, 0.05) is 29.4 Å². The van der Waals surface area contributed by atoms with Crippen LogP contribution in [0.5, 0.6) is 0 Å². The molecule has 1 fully saturated rings. The quantitative estimate of drug-likeness (QED) is 0.866. The number of morpholine rings is 1. The highest BCUT2D eigenvalue weighted by atomic mass is 35.5. The van der Waals surface area contributed by atoms with E-state index >= 15 is 0 Å². The molecule has 2 rings (SSSR count). The van der Waals surface area contributed by atoms with E-state index in [1.807, 2.05) is 18.2 Å². The predicted octanol–water partition coefficient (Wildman–Crippen LogP) is 2.66. The zero-order chi connectivity index (χ0) is 13.8. The van der Waals surface area contributed by atoms with Gasteiger partial charge in [0.2, 0.25) is 0 Å². The van der Waals surface area contributed by atoms with Gasteiger partial charge in [-0.25, -0.2) is 4.79 Å². The lowest BCUT2D eigenvalue weighted by molar-refractivity contribution is -0.131. The van der Waals surface area contributed by atoms with Gasteiger partial charge >= 0.3 is 5.97 Å². The zero-order valence-electron chi connectivity index (χ0n) is 10.7. The minimum absolute atomic E-state index is 0.310. The Morgan fingerprint density at radius 2 is 2.37 bits per heavy atom. The van der Waals surface area contributed by atoms with Crippen LogP contribution in [0.15, 0.2) is 24.3 Å². The highest BCUT2D eigenvalue weighted by molar-refractivity contribution is 6.32. The highest BCUT2D eigenvalue weighted by Gasteiger charge is 2.19. The van der Waals surface area contributed by atoms with Crippen molar-refractivity contribution in [2.24, 2.45) is 0 Å². The van der Waals surface area contributed by atoms with E-state index in [0.29, 0.717) is 29.8 Å². The maximum Gasteiger partial charge on any atom is 0.328 e. The largest absolute Gasteiger partial charge is 0.478 e. The number of carboxylic acid groups (broad SMARTS) is 1. The average Bonchev–Trinajstić information content (AvgIpc) is 2.37. The summed E-state index contributed by atoms with van der Waals surface area (Å²) in [5.74, 6) is -0.984. The number of rotatable bonds is 3. The zero-order valence-corrected chi connectivity index (χ0v) is 11.4. The number of aliphatic carboxylic acids is 1. The Morgan fingerprint density at radius 3 is 3.00 bits per heavy atom. The molecule has 0 radical (unpaired) electrons. The second kappa shape index (κ2) is 6.08. The second-order valence-electron chi connectivity index (χ2n) is 4.49. The summed E-state index contributed by atoms with van der Waals surface area (Å²) in [6.45, 7) is 4.36. The standard InChI is InChI=1S/C14H16ClNO3/c1-10-9-19-7-6-16(10)12-4-2-11(13(15)8-12)3-5-14(17)18/h2-5,8,10H,6-7,9H2,1H3,(H,17,18)/b5-3+. The first-order valence-electron chi connectivity index (χ1n) is 6.13. The lowest BCUT2D eigenvalue weighted by atomic mass is 10.1. The second-order valence-corrected chi connectivity index (χ2v) is 4.90. The molecule has 1 atom stereocenters. The Bertz CT molecular complexity index is 501. The van der Waals surface area contributed by atoms with E-state index in [1.165, 1.54) is 6.08 Å². The first kappa shape index (κ1) is 13.9. The fraction of sp³-hybridized carbons (Fsp3) is 0.357. The molecule has 1 aromatic rings. The van der Waals surface area contributed by atoms with Gasteiger partial charge in [0.15, 0.2) is 0 Å². The van der Waals surface area contributed by atoms with Crippen LogP contribution in [0.2, 0.25) is 5.02 Å². The van der Waals surface area contributed by atoms with Gasteiger partial charge in [-0.2, -0.15) is 0 Å². The third-order valence-corrected chi connectivity index (χ3v) is 3.42. The summed E-state index contributed by atoms with van der Waals surface area (Å²) in [6, 6.07) is 5.96. The summed E-state index contributed by atoms with van der Waals surface area (Å²) >= 11 is 6.18. The van der Waals surface area contributed by atoms with E-state index in [2.05, 4.69) is 11.8 Å². The van der Waals surface area contributed by atoms with Crippen LogP contribution in [0.25, 0.3) is 6.08 Å². The topological polar surface area (TPSA) is 49.8 Å². The number of carboxylic acids is 1. The molecule has 1 unspecified atom stereocenters. The lowest BCUT2D eigenvalue weighted by Crippen LogP contribution is -2.43. The summed E-state index contributed by atoms with van der Waals surface area (Å²) in [7, 11) is 0. The SMILES string of the molecule is CC1COCCN1c1ccc(/C=C/C(=O)O)c(Cl)c1. The van der Waals surface area contributed by atoms with Crippen molar-refractivity contribution in [3.8, 4) is 0 Å². The first-order chi connectivity index (χ1) is 9.08. The molecule has 0 bridgehead atoms. The van der Waals surface area contributed by atoms with Gasteiger partial charge in [-0.05, 0) is 30.7 Å². The molecule has 0 spiro atoms. The van der Waals surface area contributed by atoms with Crippen molar-refractivity contribution in [3.63, 3.8) is 0 Å². The molecular weight excluding hydrogens is 266 g/mol. The highest BCUT2D eigenvalue weighted by Crippen LogP contribution is 2.27. The third kappa shape index (κ3) is 3.49. The van der Waals surface area contributed by atoms with Crippen molar-refractivity contribution in [3.05, 3.63) is 34.9 Å². The Labute approximate surface area is 117 Å². The molecule has 1 heterocycles. The van der Waals surface area contributed by atoms with Crippen LogP contribution in [0.4, 0.5) is 5.69 Å². The van der Waals surface area contributed by atoms with Crippen LogP contribution >= 0.6 is 11.6 Å². The van der Waals surface area contributed by atoms with Crippen LogP contribution in [-0.4, -0.2) is 36.9 Å². The summed E-state index contributed by atoms with van der Waals surface area (Å²) in [5, 5.41) is 9.16. The number of anilines is 1. The first-order valence-corrected chi connectivity index (χ1v) is 6.50. The Hall–Kier alpha value is -1.52. The maximum absolute atomic E-state index is 10.5. The van der Waals surface area contributed by atoms with Gasteiger partial charge in [0.05, 0.1) is 13.2 Å². The number of hydrogen-bond donors (Lipinski definition) is 1. The van der Waals surface area contributed by atoms with Crippen molar-refractivity contribution in [2.45, 2.75) is 13.0 Å². The van der Waals surface area contributed by atoms with Crippen LogP contribution in [0.1, 0.15) is 12.5 Å². The molecule has 1 aromatic carbocycles. The Morgan fingerprint density at radius 1 is 1.58 bits per heavy atom. The molecule has 5 heteroatoms. The van der Waals surface area contributed by atoms with E-state index in [4.69, 9.17) is 21.4 Å². The fourth-order valence-electron chi connectivity index (χ4n) is 2.10. The minimum Gasteiger partial charge on any atom is -0.478 e. The predicted molar refractivity (Wildman–Crippen MR) is 75.7 cm³/mol. The number of hydrogen-bond acceptors (Lipinski definition) is 3. The number of nitrogens with zero attached hydrogens (tertiary/aromatic N) is 1. The van der Waals surface area contributed by atoms with Gasteiger partial charge in [-0.15, -0.1) is 0 Å². The van der Waals surface area contributed by atoms with Crippen LogP contribution in [0.3, 0.4) is 0 Å². The third-order valence-electron chi connectivity index (χ3n) is 3.09. The van der Waals surface area contributed by atoms with Crippen LogP contribution in [0, 0.1) is 0 Å². The molecule has 1 saturated heterocycles. The van der Waals surface area contributed by atoms with E-state index in [0.717, 1.165) is 18.3 Å². The van der Waals surface area contributed by atoms with Crippen LogP contribution < -0.4 is 4.90 Å². The number of halogens is 1. The van der Waals surface area contributed by atoms with Gasteiger partial charge in [0.1, 0.15) is 0 Å². The van der Waals surface area contributed by atoms with Crippen molar-refractivity contribution < 1.29 is 14.6 Å². The maximum atomic E-state index is 10.5.